The molecule has 2 aromatic rings. The average Bonchev–Trinajstić information content (AvgIpc) is 2.71. The van der Waals surface area contributed by atoms with Crippen molar-refractivity contribution >= 4 is 17.4 Å². The van der Waals surface area contributed by atoms with Gasteiger partial charge in [0.05, 0.1) is 6.54 Å². The van der Waals surface area contributed by atoms with Crippen LogP contribution in [0.3, 0.4) is 0 Å². The van der Waals surface area contributed by atoms with Crippen molar-refractivity contribution in [1.82, 2.24) is 4.90 Å². The number of hydrogen-bond acceptors (Lipinski definition) is 3. The predicted octanol–water partition coefficient (Wildman–Crippen LogP) is 4.02. The van der Waals surface area contributed by atoms with Crippen LogP contribution in [0, 0.1) is 5.92 Å². The number of Topliss-reactive ketones (excluding diaryl/α,β-unsaturated/α-hetero) is 1. The molecule has 1 heterocycles. The van der Waals surface area contributed by atoms with Crippen molar-refractivity contribution in [2.24, 2.45) is 5.92 Å². The number of likely N-dealkylation sites (tertiary alicyclic amines) is 1. The molecule has 3 rings (SSSR count). The molecule has 1 aliphatic heterocycles. The van der Waals surface area contributed by atoms with E-state index in [2.05, 4.69) is 11.8 Å². The standard InChI is InChI=1S/C23H28N2O2/c1-3-23(27)25(20-12-8-5-9-13-20)21-14-15-24(16-18(21)2)17-22(26)19-10-6-4-7-11-19/h4-13,18,21H,3,14-17H2,1-2H3. The van der Waals surface area contributed by atoms with Gasteiger partial charge in [-0.1, -0.05) is 62.4 Å². The fraction of sp³-hybridized carbons (Fsp3) is 0.391. The highest BCUT2D eigenvalue weighted by atomic mass is 16.2. The third-order valence-corrected chi connectivity index (χ3v) is 5.34. The summed E-state index contributed by atoms with van der Waals surface area (Å²) in [7, 11) is 0. The lowest BCUT2D eigenvalue weighted by molar-refractivity contribution is -0.119. The van der Waals surface area contributed by atoms with Gasteiger partial charge < -0.3 is 4.90 Å². The van der Waals surface area contributed by atoms with E-state index >= 15 is 0 Å². The van der Waals surface area contributed by atoms with Gasteiger partial charge in [-0.3, -0.25) is 14.5 Å². The number of rotatable bonds is 6. The Bertz CT molecular complexity index is 760. The molecule has 0 saturated carbocycles. The molecule has 0 aromatic heterocycles. The number of benzene rings is 2. The van der Waals surface area contributed by atoms with Gasteiger partial charge in [0.1, 0.15) is 0 Å². The largest absolute Gasteiger partial charge is 0.309 e. The first-order valence-corrected chi connectivity index (χ1v) is 9.78. The van der Waals surface area contributed by atoms with Crippen molar-refractivity contribution in [2.45, 2.75) is 32.7 Å². The molecule has 0 spiro atoms. The number of amides is 1. The molecule has 1 amide bonds. The monoisotopic (exact) mass is 364 g/mol. The van der Waals surface area contributed by atoms with E-state index in [1.54, 1.807) is 0 Å². The van der Waals surface area contributed by atoms with Crippen molar-refractivity contribution in [3.63, 3.8) is 0 Å². The fourth-order valence-electron chi connectivity index (χ4n) is 3.94. The zero-order chi connectivity index (χ0) is 19.2. The highest BCUT2D eigenvalue weighted by Crippen LogP contribution is 2.28. The van der Waals surface area contributed by atoms with E-state index in [9.17, 15) is 9.59 Å². The van der Waals surface area contributed by atoms with Crippen LogP contribution in [0.1, 0.15) is 37.0 Å². The summed E-state index contributed by atoms with van der Waals surface area (Å²) in [5.74, 6) is 0.621. The van der Waals surface area contributed by atoms with Gasteiger partial charge in [-0.2, -0.15) is 0 Å². The molecule has 27 heavy (non-hydrogen) atoms. The molecule has 1 fully saturated rings. The Morgan fingerprint density at radius 1 is 1.04 bits per heavy atom. The maximum atomic E-state index is 12.7. The number of nitrogens with zero attached hydrogens (tertiary/aromatic N) is 2. The van der Waals surface area contributed by atoms with Gasteiger partial charge in [-0.05, 0) is 24.5 Å². The highest BCUT2D eigenvalue weighted by molar-refractivity contribution is 5.97. The molecule has 142 valence electrons. The number of hydrogen-bond donors (Lipinski definition) is 0. The smallest absolute Gasteiger partial charge is 0.226 e. The van der Waals surface area contributed by atoms with Gasteiger partial charge in [0, 0.05) is 36.8 Å². The van der Waals surface area contributed by atoms with E-state index < -0.39 is 0 Å². The van der Waals surface area contributed by atoms with Crippen molar-refractivity contribution in [3.8, 4) is 0 Å². The summed E-state index contributed by atoms with van der Waals surface area (Å²) in [6, 6.07) is 19.6. The first-order chi connectivity index (χ1) is 13.1. The summed E-state index contributed by atoms with van der Waals surface area (Å²) in [6.45, 7) is 6.19. The zero-order valence-corrected chi connectivity index (χ0v) is 16.2. The van der Waals surface area contributed by atoms with E-state index in [1.807, 2.05) is 72.5 Å². The minimum atomic E-state index is 0.158. The molecule has 1 saturated heterocycles. The first-order valence-electron chi connectivity index (χ1n) is 9.78. The molecular weight excluding hydrogens is 336 g/mol. The van der Waals surface area contributed by atoms with E-state index in [1.165, 1.54) is 0 Å². The molecule has 0 radical (unpaired) electrons. The van der Waals surface area contributed by atoms with Crippen LogP contribution in [0.2, 0.25) is 0 Å². The lowest BCUT2D eigenvalue weighted by atomic mass is 9.91. The molecule has 0 bridgehead atoms. The molecular formula is C23H28N2O2. The minimum Gasteiger partial charge on any atom is -0.309 e. The Kier molecular flexibility index (Phi) is 6.40. The van der Waals surface area contributed by atoms with Crippen molar-refractivity contribution in [1.29, 1.82) is 0 Å². The number of ketones is 1. The third-order valence-electron chi connectivity index (χ3n) is 5.34. The lowest BCUT2D eigenvalue weighted by Crippen LogP contribution is -2.53. The SMILES string of the molecule is CCC(=O)N(c1ccccc1)C1CCN(CC(=O)c2ccccc2)CC1C. The van der Waals surface area contributed by atoms with Crippen LogP contribution in [0.15, 0.2) is 60.7 Å². The number of para-hydroxylation sites is 1. The number of piperidine rings is 1. The second-order valence-electron chi connectivity index (χ2n) is 7.31. The van der Waals surface area contributed by atoms with Gasteiger partial charge in [0.2, 0.25) is 5.91 Å². The molecule has 2 atom stereocenters. The minimum absolute atomic E-state index is 0.158. The number of carbonyl (C=O) groups excluding carboxylic acids is 2. The molecule has 4 nitrogen and oxygen atoms in total. The Balaban J connectivity index is 1.68. The summed E-state index contributed by atoms with van der Waals surface area (Å²) in [5, 5.41) is 0. The van der Waals surface area contributed by atoms with Crippen molar-refractivity contribution in [3.05, 3.63) is 66.2 Å². The lowest BCUT2D eigenvalue weighted by Gasteiger charge is -2.42. The van der Waals surface area contributed by atoms with E-state index in [4.69, 9.17) is 0 Å². The number of carbonyl (C=O) groups is 2. The zero-order valence-electron chi connectivity index (χ0n) is 16.2. The topological polar surface area (TPSA) is 40.6 Å². The van der Waals surface area contributed by atoms with Gasteiger partial charge in [-0.15, -0.1) is 0 Å². The second kappa shape index (κ2) is 8.96. The summed E-state index contributed by atoms with van der Waals surface area (Å²) < 4.78 is 0. The average molecular weight is 364 g/mol. The van der Waals surface area contributed by atoms with Crippen LogP contribution in [0.25, 0.3) is 0 Å². The van der Waals surface area contributed by atoms with Crippen LogP contribution in [-0.4, -0.2) is 42.3 Å². The normalized spacial score (nSPS) is 20.2. The third kappa shape index (κ3) is 4.64. The van der Waals surface area contributed by atoms with E-state index in [0.717, 1.165) is 30.8 Å². The summed E-state index contributed by atoms with van der Waals surface area (Å²) in [6.07, 6.45) is 1.37. The first kappa shape index (κ1) is 19.3. The molecule has 2 unspecified atom stereocenters. The maximum absolute atomic E-state index is 12.7. The van der Waals surface area contributed by atoms with Gasteiger partial charge in [0.25, 0.3) is 0 Å². The van der Waals surface area contributed by atoms with Gasteiger partial charge in [-0.25, -0.2) is 0 Å². The summed E-state index contributed by atoms with van der Waals surface area (Å²) in [4.78, 5) is 29.4. The van der Waals surface area contributed by atoms with Crippen LogP contribution >= 0.6 is 0 Å². The van der Waals surface area contributed by atoms with E-state index in [-0.39, 0.29) is 17.7 Å². The maximum Gasteiger partial charge on any atom is 0.226 e. The fourth-order valence-corrected chi connectivity index (χ4v) is 3.94. The predicted molar refractivity (Wildman–Crippen MR) is 109 cm³/mol. The van der Waals surface area contributed by atoms with Crippen LogP contribution in [0.4, 0.5) is 5.69 Å². The Labute approximate surface area is 161 Å². The summed E-state index contributed by atoms with van der Waals surface area (Å²) in [5.41, 5.74) is 1.73. The Morgan fingerprint density at radius 3 is 2.26 bits per heavy atom. The van der Waals surface area contributed by atoms with Gasteiger partial charge in [0.15, 0.2) is 5.78 Å². The van der Waals surface area contributed by atoms with Crippen molar-refractivity contribution in [2.75, 3.05) is 24.5 Å². The van der Waals surface area contributed by atoms with Crippen LogP contribution < -0.4 is 4.90 Å². The summed E-state index contributed by atoms with van der Waals surface area (Å²) >= 11 is 0. The molecule has 2 aromatic carbocycles. The quantitative estimate of drug-likeness (QED) is 0.727. The molecule has 1 aliphatic rings. The molecule has 0 N–H and O–H groups in total. The van der Waals surface area contributed by atoms with Gasteiger partial charge >= 0.3 is 0 Å². The van der Waals surface area contributed by atoms with E-state index in [0.29, 0.717) is 18.9 Å². The van der Waals surface area contributed by atoms with Crippen molar-refractivity contribution < 1.29 is 9.59 Å². The second-order valence-corrected chi connectivity index (χ2v) is 7.31. The Hall–Kier alpha value is -2.46. The van der Waals surface area contributed by atoms with Crippen LogP contribution in [0.5, 0.6) is 0 Å². The number of anilines is 1. The molecule has 0 aliphatic carbocycles. The molecule has 4 heteroatoms. The highest BCUT2D eigenvalue weighted by Gasteiger charge is 2.34. The van der Waals surface area contributed by atoms with Crippen LogP contribution in [-0.2, 0) is 4.79 Å². The Morgan fingerprint density at radius 2 is 1.67 bits per heavy atom.